The van der Waals surface area contributed by atoms with Gasteiger partial charge in [0.1, 0.15) is 0 Å². The van der Waals surface area contributed by atoms with E-state index < -0.39 is 0 Å². The minimum atomic E-state index is 0.731. The first-order valence-electron chi connectivity index (χ1n) is 7.20. The van der Waals surface area contributed by atoms with Gasteiger partial charge in [0.15, 0.2) is 0 Å². The molecule has 17 heavy (non-hydrogen) atoms. The van der Waals surface area contributed by atoms with E-state index >= 15 is 0 Å². The number of rotatable bonds is 5. The van der Waals surface area contributed by atoms with Crippen LogP contribution in [0.2, 0.25) is 0 Å². The van der Waals surface area contributed by atoms with Crippen molar-refractivity contribution < 1.29 is 0 Å². The molecule has 94 valence electrons. The topological polar surface area (TPSA) is 29.9 Å². The molecule has 0 aromatic carbocycles. The third-order valence-corrected chi connectivity index (χ3v) is 4.17. The lowest BCUT2D eigenvalue weighted by Gasteiger charge is -2.21. The first kappa shape index (κ1) is 11.1. The molecule has 0 spiro atoms. The standard InChI is InChI=1S/C14H23N3/c1-2-4-12(5-3-1)8-9-15-14-16-10-11-17(14)13-6-7-13/h10-13H,1-9H2,(H,15,16). The van der Waals surface area contributed by atoms with Gasteiger partial charge in [-0.05, 0) is 25.2 Å². The summed E-state index contributed by atoms with van der Waals surface area (Å²) in [5.41, 5.74) is 0. The second-order valence-electron chi connectivity index (χ2n) is 5.61. The maximum Gasteiger partial charge on any atom is 0.203 e. The minimum absolute atomic E-state index is 0.731. The van der Waals surface area contributed by atoms with Crippen LogP contribution in [0.3, 0.4) is 0 Å². The van der Waals surface area contributed by atoms with Gasteiger partial charge in [0.05, 0.1) is 0 Å². The number of imidazole rings is 1. The molecule has 1 aromatic heterocycles. The third-order valence-electron chi connectivity index (χ3n) is 4.17. The highest BCUT2D eigenvalue weighted by Crippen LogP contribution is 2.36. The quantitative estimate of drug-likeness (QED) is 0.842. The summed E-state index contributed by atoms with van der Waals surface area (Å²) < 4.78 is 2.31. The summed E-state index contributed by atoms with van der Waals surface area (Å²) in [6, 6.07) is 0.731. The number of hydrogen-bond acceptors (Lipinski definition) is 2. The van der Waals surface area contributed by atoms with Crippen molar-refractivity contribution >= 4 is 5.95 Å². The summed E-state index contributed by atoms with van der Waals surface area (Å²) in [6.07, 6.45) is 15.2. The van der Waals surface area contributed by atoms with Gasteiger partial charge >= 0.3 is 0 Å². The Balaban J connectivity index is 1.45. The summed E-state index contributed by atoms with van der Waals surface area (Å²) in [5, 5.41) is 3.51. The van der Waals surface area contributed by atoms with Crippen LogP contribution in [0.1, 0.15) is 57.4 Å². The average Bonchev–Trinajstić information content (AvgIpc) is 3.11. The normalized spacial score (nSPS) is 21.6. The first-order valence-corrected chi connectivity index (χ1v) is 7.20. The van der Waals surface area contributed by atoms with Gasteiger partial charge in [-0.1, -0.05) is 32.1 Å². The van der Waals surface area contributed by atoms with Crippen molar-refractivity contribution in [1.29, 1.82) is 0 Å². The van der Waals surface area contributed by atoms with Gasteiger partial charge in [-0.2, -0.15) is 0 Å². The fourth-order valence-corrected chi connectivity index (χ4v) is 2.96. The maximum absolute atomic E-state index is 4.41. The number of nitrogens with one attached hydrogen (secondary N) is 1. The van der Waals surface area contributed by atoms with Crippen LogP contribution in [0.25, 0.3) is 0 Å². The largest absolute Gasteiger partial charge is 0.356 e. The van der Waals surface area contributed by atoms with E-state index in [9.17, 15) is 0 Å². The molecule has 1 aromatic rings. The van der Waals surface area contributed by atoms with E-state index in [1.807, 2.05) is 6.20 Å². The van der Waals surface area contributed by atoms with Gasteiger partial charge in [0.25, 0.3) is 0 Å². The fraction of sp³-hybridized carbons (Fsp3) is 0.786. The number of nitrogens with zero attached hydrogens (tertiary/aromatic N) is 2. The smallest absolute Gasteiger partial charge is 0.203 e. The molecule has 2 aliphatic rings. The lowest BCUT2D eigenvalue weighted by molar-refractivity contribution is 0.345. The molecule has 2 aliphatic carbocycles. The molecule has 3 nitrogen and oxygen atoms in total. The summed E-state index contributed by atoms with van der Waals surface area (Å²) in [6.45, 7) is 1.09. The second-order valence-corrected chi connectivity index (χ2v) is 5.61. The molecule has 1 heterocycles. The van der Waals surface area contributed by atoms with Gasteiger partial charge < -0.3 is 9.88 Å². The first-order chi connectivity index (χ1) is 8.43. The molecule has 3 heteroatoms. The highest BCUT2D eigenvalue weighted by atomic mass is 15.2. The molecule has 0 radical (unpaired) electrons. The van der Waals surface area contributed by atoms with Crippen molar-refractivity contribution in [3.8, 4) is 0 Å². The van der Waals surface area contributed by atoms with E-state index in [4.69, 9.17) is 0 Å². The molecule has 2 fully saturated rings. The van der Waals surface area contributed by atoms with E-state index in [-0.39, 0.29) is 0 Å². The molecule has 0 aliphatic heterocycles. The lowest BCUT2D eigenvalue weighted by atomic mass is 9.87. The van der Waals surface area contributed by atoms with Gasteiger partial charge in [-0.25, -0.2) is 4.98 Å². The number of hydrogen-bond donors (Lipinski definition) is 1. The van der Waals surface area contributed by atoms with Gasteiger partial charge in [-0.3, -0.25) is 0 Å². The van der Waals surface area contributed by atoms with Gasteiger partial charge in [0, 0.05) is 25.0 Å². The van der Waals surface area contributed by atoms with Crippen LogP contribution in [0.5, 0.6) is 0 Å². The fourth-order valence-electron chi connectivity index (χ4n) is 2.96. The molecule has 1 N–H and O–H groups in total. The third kappa shape index (κ3) is 2.82. The Hall–Kier alpha value is -0.990. The van der Waals surface area contributed by atoms with E-state index in [0.717, 1.165) is 24.5 Å². The molecule has 3 rings (SSSR count). The molecule has 0 bridgehead atoms. The minimum Gasteiger partial charge on any atom is -0.356 e. The molecular formula is C14H23N3. The van der Waals surface area contributed by atoms with Crippen molar-refractivity contribution in [2.45, 2.75) is 57.4 Å². The van der Waals surface area contributed by atoms with Crippen LogP contribution >= 0.6 is 0 Å². The van der Waals surface area contributed by atoms with Gasteiger partial charge in [-0.15, -0.1) is 0 Å². The van der Waals surface area contributed by atoms with Gasteiger partial charge in [0.2, 0.25) is 5.95 Å². The highest BCUT2D eigenvalue weighted by molar-refractivity contribution is 5.27. The highest BCUT2D eigenvalue weighted by Gasteiger charge is 2.25. The van der Waals surface area contributed by atoms with E-state index in [0.29, 0.717) is 0 Å². The van der Waals surface area contributed by atoms with E-state index in [1.165, 1.54) is 51.4 Å². The molecule has 0 saturated heterocycles. The molecular weight excluding hydrogens is 210 g/mol. The van der Waals surface area contributed by atoms with E-state index in [1.54, 1.807) is 0 Å². The van der Waals surface area contributed by atoms with Crippen LogP contribution in [-0.2, 0) is 0 Å². The lowest BCUT2D eigenvalue weighted by Crippen LogP contribution is -2.14. The molecule has 0 amide bonds. The molecule has 0 unspecified atom stereocenters. The predicted molar refractivity (Wildman–Crippen MR) is 70.2 cm³/mol. The van der Waals surface area contributed by atoms with Crippen LogP contribution < -0.4 is 5.32 Å². The number of anilines is 1. The summed E-state index contributed by atoms with van der Waals surface area (Å²) in [4.78, 5) is 4.41. The second kappa shape index (κ2) is 5.11. The molecule has 2 saturated carbocycles. The summed E-state index contributed by atoms with van der Waals surface area (Å²) in [5.74, 6) is 2.05. The van der Waals surface area contributed by atoms with Crippen LogP contribution in [0.15, 0.2) is 12.4 Å². The SMILES string of the molecule is c1cn(C2CC2)c(NCCC2CCCCC2)n1. The van der Waals surface area contributed by atoms with Crippen molar-refractivity contribution in [2.24, 2.45) is 5.92 Å². The predicted octanol–water partition coefficient (Wildman–Crippen LogP) is 3.60. The zero-order valence-corrected chi connectivity index (χ0v) is 10.6. The zero-order chi connectivity index (χ0) is 11.5. The van der Waals surface area contributed by atoms with Crippen molar-refractivity contribution in [3.63, 3.8) is 0 Å². The Morgan fingerprint density at radius 3 is 2.76 bits per heavy atom. The summed E-state index contributed by atoms with van der Waals surface area (Å²) >= 11 is 0. The average molecular weight is 233 g/mol. The van der Waals surface area contributed by atoms with Crippen LogP contribution in [-0.4, -0.2) is 16.1 Å². The van der Waals surface area contributed by atoms with E-state index in [2.05, 4.69) is 21.1 Å². The Morgan fingerprint density at radius 1 is 1.18 bits per heavy atom. The van der Waals surface area contributed by atoms with Crippen LogP contribution in [0, 0.1) is 5.92 Å². The van der Waals surface area contributed by atoms with Crippen molar-refractivity contribution in [3.05, 3.63) is 12.4 Å². The Kier molecular flexibility index (Phi) is 3.34. The zero-order valence-electron chi connectivity index (χ0n) is 10.6. The number of aromatic nitrogens is 2. The Labute approximate surface area is 104 Å². The summed E-state index contributed by atoms with van der Waals surface area (Å²) in [7, 11) is 0. The monoisotopic (exact) mass is 233 g/mol. The Morgan fingerprint density at radius 2 is 2.00 bits per heavy atom. The Bertz CT molecular complexity index is 348. The maximum atomic E-state index is 4.41. The molecule has 0 atom stereocenters. The van der Waals surface area contributed by atoms with Crippen molar-refractivity contribution in [1.82, 2.24) is 9.55 Å². The van der Waals surface area contributed by atoms with Crippen molar-refractivity contribution in [2.75, 3.05) is 11.9 Å². The van der Waals surface area contributed by atoms with Crippen LogP contribution in [0.4, 0.5) is 5.95 Å².